The van der Waals surface area contributed by atoms with Crippen LogP contribution in [0.2, 0.25) is 0 Å². The van der Waals surface area contributed by atoms with Gasteiger partial charge in [-0.25, -0.2) is 0 Å². The van der Waals surface area contributed by atoms with E-state index < -0.39 is 0 Å². The molecule has 142 valence electrons. The molecular formula is C18H17Cl2N3O2S2. The normalized spacial score (nSPS) is 20.0. The number of allylic oxidation sites excluding steroid dienone is 1. The summed E-state index contributed by atoms with van der Waals surface area (Å²) in [6.45, 7) is 3.98. The number of anilines is 1. The molecule has 27 heavy (non-hydrogen) atoms. The highest BCUT2D eigenvalue weighted by Gasteiger charge is 2.60. The van der Waals surface area contributed by atoms with E-state index in [9.17, 15) is 9.59 Å². The number of Topliss-reactive ketones (excluding diaryl/α,β-unsaturated/α-hetero) is 1. The average molecular weight is 442 g/mol. The van der Waals surface area contributed by atoms with Crippen LogP contribution < -0.4 is 5.32 Å². The lowest BCUT2D eigenvalue weighted by Gasteiger charge is -2.01. The number of hydrogen-bond donors (Lipinski definition) is 1. The fourth-order valence-corrected chi connectivity index (χ4v) is 4.88. The molecule has 5 nitrogen and oxygen atoms in total. The molecule has 2 atom stereocenters. The van der Waals surface area contributed by atoms with Crippen molar-refractivity contribution in [3.63, 3.8) is 0 Å². The molecule has 1 saturated carbocycles. The van der Waals surface area contributed by atoms with Crippen molar-refractivity contribution in [1.82, 2.24) is 10.2 Å². The molecule has 1 fully saturated rings. The van der Waals surface area contributed by atoms with Crippen LogP contribution in [-0.2, 0) is 4.79 Å². The van der Waals surface area contributed by atoms with Crippen molar-refractivity contribution in [3.8, 4) is 0 Å². The molecule has 1 aromatic heterocycles. The number of rotatable bonds is 7. The van der Waals surface area contributed by atoms with Crippen molar-refractivity contribution in [2.24, 2.45) is 17.3 Å². The van der Waals surface area contributed by atoms with Crippen LogP contribution in [0.4, 0.5) is 5.13 Å². The second-order valence-corrected chi connectivity index (χ2v) is 9.93. The van der Waals surface area contributed by atoms with Crippen LogP contribution in [0.15, 0.2) is 45.2 Å². The minimum absolute atomic E-state index is 0.00670. The first-order chi connectivity index (χ1) is 12.8. The summed E-state index contributed by atoms with van der Waals surface area (Å²) in [6, 6.07) is 9.09. The van der Waals surface area contributed by atoms with Crippen LogP contribution in [0, 0.1) is 17.3 Å². The molecule has 1 amide bonds. The topological polar surface area (TPSA) is 72.0 Å². The highest BCUT2D eigenvalue weighted by Crippen LogP contribution is 2.60. The molecular weight excluding hydrogens is 425 g/mol. The molecule has 1 N–H and O–H groups in total. The number of thioether (sulfide) groups is 1. The molecule has 0 aliphatic heterocycles. The second kappa shape index (κ2) is 8.31. The van der Waals surface area contributed by atoms with E-state index in [1.165, 1.54) is 23.1 Å². The summed E-state index contributed by atoms with van der Waals surface area (Å²) in [7, 11) is 0. The summed E-state index contributed by atoms with van der Waals surface area (Å²) < 4.78 is 0.797. The van der Waals surface area contributed by atoms with E-state index in [0.717, 1.165) is 0 Å². The predicted molar refractivity (Wildman–Crippen MR) is 111 cm³/mol. The van der Waals surface area contributed by atoms with Gasteiger partial charge in [-0.3, -0.25) is 9.59 Å². The van der Waals surface area contributed by atoms with Crippen LogP contribution in [0.3, 0.4) is 0 Å². The first kappa shape index (κ1) is 20.3. The molecule has 0 unspecified atom stereocenters. The number of benzene rings is 1. The van der Waals surface area contributed by atoms with Gasteiger partial charge in [0.05, 0.1) is 11.7 Å². The van der Waals surface area contributed by atoms with Gasteiger partial charge in [-0.05, 0) is 17.4 Å². The number of hydrogen-bond acceptors (Lipinski definition) is 6. The number of halogens is 2. The zero-order valence-corrected chi connectivity index (χ0v) is 17.8. The lowest BCUT2D eigenvalue weighted by molar-refractivity contribution is -0.118. The summed E-state index contributed by atoms with van der Waals surface area (Å²) in [5.74, 6) is -0.0707. The van der Waals surface area contributed by atoms with Gasteiger partial charge in [-0.1, -0.05) is 90.5 Å². The molecule has 0 radical (unpaired) electrons. The molecule has 9 heteroatoms. The average Bonchev–Trinajstić information content (AvgIpc) is 2.94. The number of carbonyl (C=O) groups excluding carboxylic acids is 2. The Morgan fingerprint density at radius 3 is 2.63 bits per heavy atom. The van der Waals surface area contributed by atoms with E-state index in [-0.39, 0.29) is 39.2 Å². The van der Waals surface area contributed by atoms with Gasteiger partial charge in [0, 0.05) is 5.56 Å². The van der Waals surface area contributed by atoms with E-state index in [4.69, 9.17) is 23.2 Å². The molecule has 1 aliphatic carbocycles. The van der Waals surface area contributed by atoms with Gasteiger partial charge in [0.15, 0.2) is 10.1 Å². The standard InChI is InChI=1S/C18H17Cl2N3O2S2/c1-18(2)11(8-13(19)20)14(18)15(25)21-16-22-23-17(27-16)26-9-12(24)10-6-4-3-5-7-10/h3-8,11,14H,9H2,1-2H3,(H,21,22,25)/t11-,14-/m1/s1. The summed E-state index contributed by atoms with van der Waals surface area (Å²) in [4.78, 5) is 24.6. The molecule has 1 heterocycles. The zero-order chi connectivity index (χ0) is 19.6. The van der Waals surface area contributed by atoms with Gasteiger partial charge in [-0.2, -0.15) is 0 Å². The zero-order valence-electron chi connectivity index (χ0n) is 14.6. The Kier molecular flexibility index (Phi) is 6.25. The van der Waals surface area contributed by atoms with Gasteiger partial charge >= 0.3 is 0 Å². The van der Waals surface area contributed by atoms with Crippen LogP contribution in [0.25, 0.3) is 0 Å². The lowest BCUT2D eigenvalue weighted by atomic mass is 10.1. The molecule has 3 rings (SSSR count). The summed E-state index contributed by atoms with van der Waals surface area (Å²) >= 11 is 14.0. The predicted octanol–water partition coefficient (Wildman–Crippen LogP) is 5.04. The first-order valence-corrected chi connectivity index (χ1v) is 10.7. The number of aromatic nitrogens is 2. The first-order valence-electron chi connectivity index (χ1n) is 8.17. The highest BCUT2D eigenvalue weighted by atomic mass is 35.5. The van der Waals surface area contributed by atoms with Crippen LogP contribution in [0.1, 0.15) is 24.2 Å². The van der Waals surface area contributed by atoms with Crippen molar-refractivity contribution < 1.29 is 9.59 Å². The SMILES string of the molecule is CC1(C)[C@H](C=C(Cl)Cl)[C@@H]1C(=O)Nc1nnc(SCC(=O)c2ccccc2)s1. The lowest BCUT2D eigenvalue weighted by Crippen LogP contribution is -2.16. The summed E-state index contributed by atoms with van der Waals surface area (Å²) in [5.41, 5.74) is 0.458. The molecule has 0 bridgehead atoms. The second-order valence-electron chi connectivity index (χ2n) is 6.72. The maximum absolute atomic E-state index is 12.5. The van der Waals surface area contributed by atoms with Gasteiger partial charge in [-0.15, -0.1) is 10.2 Å². The Bertz CT molecular complexity index is 880. The third-order valence-electron chi connectivity index (χ3n) is 4.56. The molecule has 2 aromatic rings. The van der Waals surface area contributed by atoms with E-state index in [1.54, 1.807) is 18.2 Å². The van der Waals surface area contributed by atoms with E-state index >= 15 is 0 Å². The minimum Gasteiger partial charge on any atom is -0.300 e. The number of amides is 1. The molecule has 1 aliphatic rings. The summed E-state index contributed by atoms with van der Waals surface area (Å²) in [6.07, 6.45) is 1.70. The summed E-state index contributed by atoms with van der Waals surface area (Å²) in [5, 5.41) is 11.2. The number of nitrogens with zero attached hydrogens (tertiary/aromatic N) is 2. The molecule has 0 saturated heterocycles. The van der Waals surface area contributed by atoms with Crippen LogP contribution in [0.5, 0.6) is 0 Å². The fraction of sp³-hybridized carbons (Fsp3) is 0.333. The van der Waals surface area contributed by atoms with Crippen molar-refractivity contribution in [1.29, 1.82) is 0 Å². The largest absolute Gasteiger partial charge is 0.300 e. The van der Waals surface area contributed by atoms with Gasteiger partial charge in [0.1, 0.15) is 4.49 Å². The van der Waals surface area contributed by atoms with Crippen LogP contribution >= 0.6 is 46.3 Å². The van der Waals surface area contributed by atoms with E-state index in [2.05, 4.69) is 15.5 Å². The third-order valence-corrected chi connectivity index (χ3v) is 6.78. The Hall–Kier alpha value is -1.41. The van der Waals surface area contributed by atoms with Gasteiger partial charge in [0.2, 0.25) is 11.0 Å². The Morgan fingerprint density at radius 1 is 1.26 bits per heavy atom. The Morgan fingerprint density at radius 2 is 1.96 bits per heavy atom. The quantitative estimate of drug-likeness (QED) is 0.369. The fourth-order valence-electron chi connectivity index (χ4n) is 2.96. The molecule has 0 spiro atoms. The Balaban J connectivity index is 1.55. The number of carbonyl (C=O) groups is 2. The van der Waals surface area contributed by atoms with Gasteiger partial charge in [0.25, 0.3) is 0 Å². The maximum Gasteiger partial charge on any atom is 0.230 e. The number of ketones is 1. The monoisotopic (exact) mass is 441 g/mol. The maximum atomic E-state index is 12.5. The van der Waals surface area contributed by atoms with Gasteiger partial charge < -0.3 is 5.32 Å². The molecule has 1 aromatic carbocycles. The van der Waals surface area contributed by atoms with Crippen molar-refractivity contribution >= 4 is 63.1 Å². The minimum atomic E-state index is -0.218. The Labute approximate surface area is 175 Å². The van der Waals surface area contributed by atoms with E-state index in [0.29, 0.717) is 15.0 Å². The third kappa shape index (κ3) is 4.90. The van der Waals surface area contributed by atoms with E-state index in [1.807, 2.05) is 32.0 Å². The van der Waals surface area contributed by atoms with Crippen LogP contribution in [-0.4, -0.2) is 27.6 Å². The van der Waals surface area contributed by atoms with Crippen molar-refractivity contribution in [2.45, 2.75) is 18.2 Å². The highest BCUT2D eigenvalue weighted by molar-refractivity contribution is 8.01. The van der Waals surface area contributed by atoms with Crippen molar-refractivity contribution in [3.05, 3.63) is 46.5 Å². The number of nitrogens with one attached hydrogen (secondary N) is 1. The smallest absolute Gasteiger partial charge is 0.230 e. The van der Waals surface area contributed by atoms with Crippen molar-refractivity contribution in [2.75, 3.05) is 11.1 Å².